The first-order valence-corrected chi connectivity index (χ1v) is 8.30. The second kappa shape index (κ2) is 7.38. The van der Waals surface area contributed by atoms with Crippen LogP contribution in [-0.4, -0.2) is 42.9 Å². The van der Waals surface area contributed by atoms with Gasteiger partial charge in [-0.1, -0.05) is 44.0 Å². The lowest BCUT2D eigenvalue weighted by atomic mass is 10.1. The van der Waals surface area contributed by atoms with Gasteiger partial charge in [-0.2, -0.15) is 0 Å². The lowest BCUT2D eigenvalue weighted by molar-refractivity contribution is 0.0784. The predicted octanol–water partition coefficient (Wildman–Crippen LogP) is 4.08. The molecule has 0 saturated heterocycles. The Morgan fingerprint density at radius 2 is 1.90 bits per heavy atom. The summed E-state index contributed by atoms with van der Waals surface area (Å²) in [7, 11) is 3.45. The fourth-order valence-electron chi connectivity index (χ4n) is 2.18. The van der Waals surface area contributed by atoms with E-state index in [9.17, 15) is 4.79 Å². The Balaban J connectivity index is 2.17. The molecule has 0 aromatic heterocycles. The predicted molar refractivity (Wildman–Crippen MR) is 93.2 cm³/mol. The first-order valence-electron chi connectivity index (χ1n) is 6.59. The second-order valence-electron chi connectivity index (χ2n) is 4.94. The Morgan fingerprint density at radius 3 is 2.62 bits per heavy atom. The summed E-state index contributed by atoms with van der Waals surface area (Å²) in [5.41, 5.74) is 0.699. The third-order valence-electron chi connectivity index (χ3n) is 3.22. The van der Waals surface area contributed by atoms with E-state index in [1.54, 1.807) is 19.1 Å². The average Bonchev–Trinajstić information content (AvgIpc) is 2.46. The highest BCUT2D eigenvalue weighted by molar-refractivity contribution is 9.10. The van der Waals surface area contributed by atoms with E-state index in [0.29, 0.717) is 18.7 Å². The molecule has 2 aromatic carbocycles. The summed E-state index contributed by atoms with van der Waals surface area (Å²) in [6.07, 6.45) is 0. The third-order valence-corrected chi connectivity index (χ3v) is 4.26. The fourth-order valence-corrected chi connectivity index (χ4v) is 3.26. The molecule has 0 N–H and O–H groups in total. The lowest BCUT2D eigenvalue weighted by Crippen LogP contribution is -2.33. The molecule has 21 heavy (non-hydrogen) atoms. The number of fused-ring (bicyclic) bond motifs is 1. The van der Waals surface area contributed by atoms with E-state index < -0.39 is 0 Å². The molecule has 1 atom stereocenters. The van der Waals surface area contributed by atoms with Crippen LogP contribution in [0.15, 0.2) is 40.9 Å². The van der Waals surface area contributed by atoms with Crippen molar-refractivity contribution in [3.8, 4) is 0 Å². The molecule has 0 heterocycles. The quantitative estimate of drug-likeness (QED) is 0.689. The number of rotatable bonds is 5. The Hall–Kier alpha value is -0.910. The van der Waals surface area contributed by atoms with Crippen molar-refractivity contribution in [2.75, 3.05) is 27.3 Å². The van der Waals surface area contributed by atoms with Crippen molar-refractivity contribution in [3.05, 3.63) is 46.4 Å². The van der Waals surface area contributed by atoms with Gasteiger partial charge in [0.05, 0.1) is 11.4 Å². The summed E-state index contributed by atoms with van der Waals surface area (Å²) in [5, 5.41) is 2.17. The molecular weight excluding hydrogens is 398 g/mol. The highest BCUT2D eigenvalue weighted by Crippen LogP contribution is 2.21. The SMILES string of the molecule is COCC(Br)CN(C)C(=O)c1ccc2cc(Br)ccc2c1. The van der Waals surface area contributed by atoms with Crippen molar-refractivity contribution in [3.63, 3.8) is 0 Å². The molecule has 0 radical (unpaired) electrons. The number of benzene rings is 2. The largest absolute Gasteiger partial charge is 0.383 e. The maximum absolute atomic E-state index is 12.5. The molecule has 5 heteroatoms. The van der Waals surface area contributed by atoms with Crippen molar-refractivity contribution < 1.29 is 9.53 Å². The number of amides is 1. The van der Waals surface area contributed by atoms with Gasteiger partial charge in [0, 0.05) is 30.7 Å². The normalized spacial score (nSPS) is 12.4. The van der Waals surface area contributed by atoms with Crippen LogP contribution in [-0.2, 0) is 4.74 Å². The summed E-state index contributed by atoms with van der Waals surface area (Å²) in [4.78, 5) is 14.3. The molecule has 0 bridgehead atoms. The van der Waals surface area contributed by atoms with Gasteiger partial charge in [-0.15, -0.1) is 0 Å². The number of hydrogen-bond acceptors (Lipinski definition) is 2. The van der Waals surface area contributed by atoms with Gasteiger partial charge in [0.2, 0.25) is 0 Å². The van der Waals surface area contributed by atoms with Crippen LogP contribution >= 0.6 is 31.9 Å². The van der Waals surface area contributed by atoms with E-state index in [0.717, 1.165) is 15.2 Å². The number of nitrogens with zero attached hydrogens (tertiary/aromatic N) is 1. The van der Waals surface area contributed by atoms with Crippen molar-refractivity contribution >= 4 is 48.5 Å². The van der Waals surface area contributed by atoms with Crippen molar-refractivity contribution in [2.45, 2.75) is 4.83 Å². The molecule has 1 amide bonds. The van der Waals surface area contributed by atoms with E-state index in [4.69, 9.17) is 4.74 Å². The third kappa shape index (κ3) is 4.28. The van der Waals surface area contributed by atoms with Crippen LogP contribution in [0.3, 0.4) is 0 Å². The molecule has 2 aromatic rings. The Morgan fingerprint density at radius 1 is 1.24 bits per heavy atom. The lowest BCUT2D eigenvalue weighted by Gasteiger charge is -2.20. The van der Waals surface area contributed by atoms with Crippen LogP contribution in [0.4, 0.5) is 0 Å². The van der Waals surface area contributed by atoms with Crippen LogP contribution in [0.25, 0.3) is 10.8 Å². The minimum absolute atomic E-state index is 0.0142. The zero-order valence-electron chi connectivity index (χ0n) is 12.0. The maximum atomic E-state index is 12.5. The van der Waals surface area contributed by atoms with Crippen LogP contribution in [0.1, 0.15) is 10.4 Å². The number of halogens is 2. The maximum Gasteiger partial charge on any atom is 0.253 e. The van der Waals surface area contributed by atoms with Gasteiger partial charge in [0.1, 0.15) is 0 Å². The van der Waals surface area contributed by atoms with Gasteiger partial charge in [-0.3, -0.25) is 4.79 Å². The number of methoxy groups -OCH3 is 1. The minimum atomic E-state index is 0.0142. The van der Waals surface area contributed by atoms with Gasteiger partial charge in [0.25, 0.3) is 5.91 Å². The highest BCUT2D eigenvalue weighted by Gasteiger charge is 2.15. The molecule has 0 aliphatic rings. The van der Waals surface area contributed by atoms with Crippen LogP contribution in [0.2, 0.25) is 0 Å². The van der Waals surface area contributed by atoms with Crippen molar-refractivity contribution in [1.29, 1.82) is 0 Å². The highest BCUT2D eigenvalue weighted by atomic mass is 79.9. The molecule has 112 valence electrons. The molecule has 0 fully saturated rings. The number of carbonyl (C=O) groups excluding carboxylic acids is 1. The standard InChI is InChI=1S/C16H17Br2NO2/c1-19(9-15(18)10-21-2)16(20)13-4-3-12-8-14(17)6-5-11(12)7-13/h3-8,15H,9-10H2,1-2H3. The second-order valence-corrected chi connectivity index (χ2v) is 7.16. The first kappa shape index (κ1) is 16.5. The summed E-state index contributed by atoms with van der Waals surface area (Å²) < 4.78 is 6.10. The fraction of sp³-hybridized carbons (Fsp3) is 0.312. The van der Waals surface area contributed by atoms with Crippen LogP contribution in [0, 0.1) is 0 Å². The summed E-state index contributed by atoms with van der Waals surface area (Å²) in [6.45, 7) is 1.18. The molecule has 3 nitrogen and oxygen atoms in total. The Kier molecular flexibility index (Phi) is 5.79. The zero-order valence-corrected chi connectivity index (χ0v) is 15.1. The van der Waals surface area contributed by atoms with E-state index >= 15 is 0 Å². The molecule has 2 rings (SSSR count). The van der Waals surface area contributed by atoms with Crippen molar-refractivity contribution in [2.24, 2.45) is 0 Å². The summed E-state index contributed by atoms with van der Waals surface area (Å²) >= 11 is 6.96. The van der Waals surface area contributed by atoms with Crippen molar-refractivity contribution in [1.82, 2.24) is 4.90 Å². The van der Waals surface area contributed by atoms with Gasteiger partial charge >= 0.3 is 0 Å². The first-order chi connectivity index (χ1) is 10.0. The topological polar surface area (TPSA) is 29.5 Å². The van der Waals surface area contributed by atoms with E-state index in [1.807, 2.05) is 36.4 Å². The molecular formula is C16H17Br2NO2. The zero-order chi connectivity index (χ0) is 15.4. The number of hydrogen-bond donors (Lipinski definition) is 0. The van der Waals surface area contributed by atoms with Crippen LogP contribution in [0.5, 0.6) is 0 Å². The minimum Gasteiger partial charge on any atom is -0.383 e. The summed E-state index contributed by atoms with van der Waals surface area (Å²) in [5.74, 6) is 0.0142. The molecule has 0 saturated carbocycles. The van der Waals surface area contributed by atoms with E-state index in [-0.39, 0.29) is 10.7 Å². The van der Waals surface area contributed by atoms with Gasteiger partial charge in [-0.25, -0.2) is 0 Å². The smallest absolute Gasteiger partial charge is 0.253 e. The number of carbonyl (C=O) groups is 1. The number of ether oxygens (including phenoxy) is 1. The van der Waals surface area contributed by atoms with Gasteiger partial charge < -0.3 is 9.64 Å². The van der Waals surface area contributed by atoms with Gasteiger partial charge in [0.15, 0.2) is 0 Å². The monoisotopic (exact) mass is 413 g/mol. The van der Waals surface area contributed by atoms with Crippen LogP contribution < -0.4 is 0 Å². The van der Waals surface area contributed by atoms with E-state index in [1.165, 1.54) is 0 Å². The van der Waals surface area contributed by atoms with Gasteiger partial charge in [-0.05, 0) is 35.0 Å². The van der Waals surface area contributed by atoms with E-state index in [2.05, 4.69) is 31.9 Å². The average molecular weight is 415 g/mol. The molecule has 1 unspecified atom stereocenters. The Bertz CT molecular complexity index is 645. The number of alkyl halides is 1. The Labute approximate surface area is 141 Å². The molecule has 0 spiro atoms. The molecule has 0 aliphatic carbocycles. The summed E-state index contributed by atoms with van der Waals surface area (Å²) in [6, 6.07) is 11.8. The molecule has 0 aliphatic heterocycles.